The van der Waals surface area contributed by atoms with Crippen LogP contribution < -0.4 is 4.90 Å². The van der Waals surface area contributed by atoms with Crippen LogP contribution in [-0.4, -0.2) is 37.6 Å². The van der Waals surface area contributed by atoms with Crippen LogP contribution in [0.25, 0.3) is 11.1 Å². The van der Waals surface area contributed by atoms with Gasteiger partial charge in [0.25, 0.3) is 0 Å². The number of halogens is 2. The van der Waals surface area contributed by atoms with E-state index in [0.717, 1.165) is 56.2 Å². The maximum atomic E-state index is 14.3. The number of benzene rings is 3. The molecular formula is C27H30ClFN2. The fourth-order valence-electron chi connectivity index (χ4n) is 4.34. The van der Waals surface area contributed by atoms with Gasteiger partial charge in [-0.05, 0) is 86.3 Å². The Balaban J connectivity index is 1.24. The molecule has 0 N–H and O–H groups in total. The average molecular weight is 437 g/mol. The van der Waals surface area contributed by atoms with Crippen LogP contribution in [-0.2, 0) is 6.42 Å². The van der Waals surface area contributed by atoms with Gasteiger partial charge < -0.3 is 9.80 Å². The number of hydrogen-bond donors (Lipinski definition) is 0. The Labute approximate surface area is 190 Å². The lowest BCUT2D eigenvalue weighted by Gasteiger charge is -2.23. The van der Waals surface area contributed by atoms with Gasteiger partial charge >= 0.3 is 0 Å². The maximum Gasteiger partial charge on any atom is 0.131 e. The molecule has 0 atom stereocenters. The van der Waals surface area contributed by atoms with Gasteiger partial charge in [-0.3, -0.25) is 0 Å². The van der Waals surface area contributed by atoms with E-state index in [9.17, 15) is 4.39 Å². The Morgan fingerprint density at radius 3 is 2.42 bits per heavy atom. The number of unbranched alkanes of at least 4 members (excludes halogenated alkanes) is 1. The molecule has 4 rings (SSSR count). The van der Waals surface area contributed by atoms with Crippen LogP contribution in [0.1, 0.15) is 24.8 Å². The van der Waals surface area contributed by atoms with Gasteiger partial charge in [-0.2, -0.15) is 0 Å². The topological polar surface area (TPSA) is 6.48 Å². The lowest BCUT2D eigenvalue weighted by atomic mass is 10.00. The third-order valence-corrected chi connectivity index (χ3v) is 6.34. The van der Waals surface area contributed by atoms with E-state index in [-0.39, 0.29) is 5.82 Å². The Bertz CT molecular complexity index is 959. The predicted molar refractivity (Wildman–Crippen MR) is 129 cm³/mol. The minimum Gasteiger partial charge on any atom is -0.370 e. The molecule has 0 bridgehead atoms. The summed E-state index contributed by atoms with van der Waals surface area (Å²) < 4.78 is 14.3. The van der Waals surface area contributed by atoms with Crippen LogP contribution in [0.3, 0.4) is 0 Å². The van der Waals surface area contributed by atoms with Crippen molar-refractivity contribution in [1.29, 1.82) is 0 Å². The van der Waals surface area contributed by atoms with Crippen LogP contribution in [0.5, 0.6) is 0 Å². The minimum atomic E-state index is -0.148. The van der Waals surface area contributed by atoms with Crippen molar-refractivity contribution in [2.75, 3.05) is 37.6 Å². The van der Waals surface area contributed by atoms with Crippen molar-refractivity contribution in [3.8, 4) is 11.1 Å². The molecule has 31 heavy (non-hydrogen) atoms. The standard InChI is InChI=1S/C27H30ClFN2/c28-24-11-13-25(14-12-24)31-18-6-17-30(19-20-31)16-5-4-7-22-10-15-27(29)26(21-22)23-8-2-1-3-9-23/h1-3,8-15,21H,4-7,16-20H2. The fraction of sp³-hybridized carbons (Fsp3) is 0.333. The Morgan fingerprint density at radius 2 is 1.61 bits per heavy atom. The molecule has 0 aliphatic carbocycles. The summed E-state index contributed by atoms with van der Waals surface area (Å²) >= 11 is 6.02. The zero-order chi connectivity index (χ0) is 21.5. The first-order chi connectivity index (χ1) is 15.2. The van der Waals surface area contributed by atoms with Gasteiger partial charge in [0.05, 0.1) is 0 Å². The summed E-state index contributed by atoms with van der Waals surface area (Å²) in [6.07, 6.45) is 4.46. The van der Waals surface area contributed by atoms with Crippen molar-refractivity contribution in [3.63, 3.8) is 0 Å². The summed E-state index contributed by atoms with van der Waals surface area (Å²) in [5, 5.41) is 0.789. The second-order valence-electron chi connectivity index (χ2n) is 8.30. The number of hydrogen-bond acceptors (Lipinski definition) is 2. The lowest BCUT2D eigenvalue weighted by molar-refractivity contribution is 0.287. The molecule has 1 fully saturated rings. The van der Waals surface area contributed by atoms with Gasteiger partial charge in [-0.25, -0.2) is 4.39 Å². The summed E-state index contributed by atoms with van der Waals surface area (Å²) in [5.74, 6) is -0.148. The molecule has 0 unspecified atom stereocenters. The van der Waals surface area contributed by atoms with Gasteiger partial charge in [0.15, 0.2) is 0 Å². The highest BCUT2D eigenvalue weighted by molar-refractivity contribution is 6.30. The van der Waals surface area contributed by atoms with Crippen molar-refractivity contribution in [3.05, 3.63) is 89.2 Å². The molecule has 1 aliphatic heterocycles. The van der Waals surface area contributed by atoms with E-state index in [1.165, 1.54) is 24.1 Å². The van der Waals surface area contributed by atoms with E-state index in [1.54, 1.807) is 6.07 Å². The van der Waals surface area contributed by atoms with Crippen LogP contribution in [0.4, 0.5) is 10.1 Å². The molecule has 4 heteroatoms. The first kappa shape index (κ1) is 21.9. The fourth-order valence-corrected chi connectivity index (χ4v) is 4.46. The van der Waals surface area contributed by atoms with E-state index in [0.29, 0.717) is 5.56 Å². The second-order valence-corrected chi connectivity index (χ2v) is 8.73. The molecule has 3 aromatic carbocycles. The zero-order valence-electron chi connectivity index (χ0n) is 17.9. The number of anilines is 1. The average Bonchev–Trinajstić information content (AvgIpc) is 3.04. The molecule has 3 aromatic rings. The van der Waals surface area contributed by atoms with Crippen molar-refractivity contribution >= 4 is 17.3 Å². The van der Waals surface area contributed by atoms with Crippen LogP contribution >= 0.6 is 11.6 Å². The van der Waals surface area contributed by atoms with E-state index >= 15 is 0 Å². The Morgan fingerprint density at radius 1 is 0.806 bits per heavy atom. The van der Waals surface area contributed by atoms with Crippen molar-refractivity contribution in [1.82, 2.24) is 4.90 Å². The molecule has 0 radical (unpaired) electrons. The molecular weight excluding hydrogens is 407 g/mol. The molecule has 0 amide bonds. The summed E-state index contributed by atoms with van der Waals surface area (Å²) in [7, 11) is 0. The minimum absolute atomic E-state index is 0.148. The normalized spacial score (nSPS) is 15.1. The third kappa shape index (κ3) is 6.09. The smallest absolute Gasteiger partial charge is 0.131 e. The number of nitrogens with zero attached hydrogens (tertiary/aromatic N) is 2. The maximum absolute atomic E-state index is 14.3. The summed E-state index contributed by atoms with van der Waals surface area (Å²) in [6, 6.07) is 23.5. The second kappa shape index (κ2) is 10.8. The van der Waals surface area contributed by atoms with Gasteiger partial charge in [-0.15, -0.1) is 0 Å². The van der Waals surface area contributed by atoms with E-state index in [4.69, 9.17) is 11.6 Å². The van der Waals surface area contributed by atoms with Crippen molar-refractivity contribution < 1.29 is 4.39 Å². The largest absolute Gasteiger partial charge is 0.370 e. The molecule has 162 valence electrons. The van der Waals surface area contributed by atoms with Crippen molar-refractivity contribution in [2.24, 2.45) is 0 Å². The highest BCUT2D eigenvalue weighted by atomic mass is 35.5. The first-order valence-corrected chi connectivity index (χ1v) is 11.6. The van der Waals surface area contributed by atoms with Crippen molar-refractivity contribution in [2.45, 2.75) is 25.7 Å². The van der Waals surface area contributed by atoms with E-state index in [2.05, 4.69) is 21.9 Å². The lowest BCUT2D eigenvalue weighted by Crippen LogP contribution is -2.31. The molecule has 1 saturated heterocycles. The number of aryl methyl sites for hydroxylation is 1. The molecule has 0 saturated carbocycles. The van der Waals surface area contributed by atoms with E-state index in [1.807, 2.05) is 54.6 Å². The first-order valence-electron chi connectivity index (χ1n) is 11.3. The summed E-state index contributed by atoms with van der Waals surface area (Å²) in [5.41, 5.74) is 4.12. The van der Waals surface area contributed by atoms with Crippen LogP contribution in [0.15, 0.2) is 72.8 Å². The van der Waals surface area contributed by atoms with Gasteiger partial charge in [-0.1, -0.05) is 48.0 Å². The highest BCUT2D eigenvalue weighted by Crippen LogP contribution is 2.24. The van der Waals surface area contributed by atoms with E-state index < -0.39 is 0 Å². The van der Waals surface area contributed by atoms with Gasteiger partial charge in [0.2, 0.25) is 0 Å². The molecule has 1 aliphatic rings. The SMILES string of the molecule is Fc1ccc(CCCCN2CCCN(c3ccc(Cl)cc3)CC2)cc1-c1ccccc1. The van der Waals surface area contributed by atoms with Gasteiger partial charge in [0, 0.05) is 35.9 Å². The number of rotatable bonds is 7. The third-order valence-electron chi connectivity index (χ3n) is 6.09. The quantitative estimate of drug-likeness (QED) is 0.381. The zero-order valence-corrected chi connectivity index (χ0v) is 18.7. The highest BCUT2D eigenvalue weighted by Gasteiger charge is 2.15. The molecule has 2 nitrogen and oxygen atoms in total. The molecule has 0 aromatic heterocycles. The summed E-state index contributed by atoms with van der Waals surface area (Å²) in [4.78, 5) is 5.04. The Kier molecular flexibility index (Phi) is 7.61. The Hall–Kier alpha value is -2.36. The van der Waals surface area contributed by atoms with Gasteiger partial charge in [0.1, 0.15) is 5.82 Å². The predicted octanol–water partition coefficient (Wildman–Crippen LogP) is 6.68. The summed E-state index contributed by atoms with van der Waals surface area (Å²) in [6.45, 7) is 5.52. The molecule has 0 spiro atoms. The van der Waals surface area contributed by atoms with Crippen LogP contribution in [0.2, 0.25) is 5.02 Å². The monoisotopic (exact) mass is 436 g/mol. The van der Waals surface area contributed by atoms with Crippen LogP contribution in [0, 0.1) is 5.82 Å². The molecule has 1 heterocycles.